The number of aliphatic hydroxyl groups is 2. The highest BCUT2D eigenvalue weighted by Gasteiger charge is 2.26. The second-order valence-corrected chi connectivity index (χ2v) is 4.63. The van der Waals surface area contributed by atoms with Gasteiger partial charge >= 0.3 is 11.8 Å². The maximum atomic E-state index is 12.3. The molecule has 0 aliphatic carbocycles. The molecule has 1 aromatic carbocycles. The number of anilines is 1. The second kappa shape index (κ2) is 8.39. The molecule has 0 heterocycles. The molecule has 0 aromatic heterocycles. The normalized spacial score (nSPS) is 10.3. The quantitative estimate of drug-likeness (QED) is 0.732. The van der Waals surface area contributed by atoms with Crippen LogP contribution in [0.1, 0.15) is 12.5 Å². The fourth-order valence-corrected chi connectivity index (χ4v) is 2.05. The Labute approximate surface area is 124 Å². The molecule has 6 nitrogen and oxygen atoms in total. The SMILES string of the molecule is CCN(C(=O)C(=O)N(CCO)CCO)c1cccc(C)c1. The van der Waals surface area contributed by atoms with Gasteiger partial charge in [-0.25, -0.2) is 0 Å². The molecule has 0 unspecified atom stereocenters. The lowest BCUT2D eigenvalue weighted by Crippen LogP contribution is -2.47. The largest absolute Gasteiger partial charge is 0.395 e. The summed E-state index contributed by atoms with van der Waals surface area (Å²) in [6, 6.07) is 7.33. The molecule has 0 fully saturated rings. The standard InChI is InChI=1S/C15H22N2O4/c1-3-17(13-6-4-5-12(2)11-13)15(21)14(20)16(7-9-18)8-10-19/h4-6,11,18-19H,3,7-10H2,1-2H3. The fourth-order valence-electron chi connectivity index (χ4n) is 2.05. The van der Waals surface area contributed by atoms with E-state index in [1.165, 1.54) is 4.90 Å². The average molecular weight is 294 g/mol. The van der Waals surface area contributed by atoms with Crippen LogP contribution in [0.2, 0.25) is 0 Å². The van der Waals surface area contributed by atoms with Crippen LogP contribution in [0.15, 0.2) is 24.3 Å². The van der Waals surface area contributed by atoms with Gasteiger partial charge in [-0.15, -0.1) is 0 Å². The zero-order chi connectivity index (χ0) is 15.8. The Bertz CT molecular complexity index is 484. The zero-order valence-corrected chi connectivity index (χ0v) is 12.5. The number of hydrogen-bond acceptors (Lipinski definition) is 4. The number of benzene rings is 1. The molecule has 0 saturated heterocycles. The van der Waals surface area contributed by atoms with Crippen molar-refractivity contribution in [1.29, 1.82) is 0 Å². The maximum absolute atomic E-state index is 12.3. The molecule has 0 aliphatic rings. The molecule has 1 aromatic rings. The molecule has 0 atom stereocenters. The predicted octanol–water partition coefficient (Wildman–Crippen LogP) is 0.161. The predicted molar refractivity (Wildman–Crippen MR) is 80.0 cm³/mol. The molecule has 0 spiro atoms. The summed E-state index contributed by atoms with van der Waals surface area (Å²) in [5.41, 5.74) is 1.65. The Balaban J connectivity index is 2.94. The topological polar surface area (TPSA) is 81.1 Å². The summed E-state index contributed by atoms with van der Waals surface area (Å²) in [6.07, 6.45) is 0. The van der Waals surface area contributed by atoms with Crippen molar-refractivity contribution in [2.75, 3.05) is 37.7 Å². The van der Waals surface area contributed by atoms with Gasteiger partial charge in [0.1, 0.15) is 0 Å². The number of hydrogen-bond donors (Lipinski definition) is 2. The molecular weight excluding hydrogens is 272 g/mol. The van der Waals surface area contributed by atoms with E-state index in [0.717, 1.165) is 10.5 Å². The highest BCUT2D eigenvalue weighted by Crippen LogP contribution is 2.16. The van der Waals surface area contributed by atoms with Crippen LogP contribution in [0.3, 0.4) is 0 Å². The summed E-state index contributed by atoms with van der Waals surface area (Å²) in [5, 5.41) is 17.9. The minimum Gasteiger partial charge on any atom is -0.395 e. The highest BCUT2D eigenvalue weighted by atomic mass is 16.3. The second-order valence-electron chi connectivity index (χ2n) is 4.63. The maximum Gasteiger partial charge on any atom is 0.316 e. The van der Waals surface area contributed by atoms with Crippen LogP contribution in [0.5, 0.6) is 0 Å². The van der Waals surface area contributed by atoms with Crippen molar-refractivity contribution < 1.29 is 19.8 Å². The van der Waals surface area contributed by atoms with Crippen molar-refractivity contribution in [3.63, 3.8) is 0 Å². The summed E-state index contributed by atoms with van der Waals surface area (Å²) >= 11 is 0. The third kappa shape index (κ3) is 4.54. The third-order valence-corrected chi connectivity index (χ3v) is 3.08. The van der Waals surface area contributed by atoms with Gasteiger partial charge in [0.05, 0.1) is 13.2 Å². The molecular formula is C15H22N2O4. The summed E-state index contributed by atoms with van der Waals surface area (Å²) in [4.78, 5) is 27.1. The first kappa shape index (κ1) is 17.1. The van der Waals surface area contributed by atoms with Crippen LogP contribution in [-0.4, -0.2) is 59.8 Å². The monoisotopic (exact) mass is 294 g/mol. The van der Waals surface area contributed by atoms with Gasteiger partial charge in [0, 0.05) is 25.3 Å². The molecule has 2 amide bonds. The van der Waals surface area contributed by atoms with E-state index in [4.69, 9.17) is 10.2 Å². The van der Waals surface area contributed by atoms with E-state index in [9.17, 15) is 9.59 Å². The van der Waals surface area contributed by atoms with Crippen LogP contribution in [-0.2, 0) is 9.59 Å². The van der Waals surface area contributed by atoms with E-state index in [2.05, 4.69) is 0 Å². The Morgan fingerprint density at radius 2 is 1.71 bits per heavy atom. The Hall–Kier alpha value is -1.92. The van der Waals surface area contributed by atoms with Crippen LogP contribution in [0, 0.1) is 6.92 Å². The van der Waals surface area contributed by atoms with Crippen LogP contribution in [0.4, 0.5) is 5.69 Å². The minimum atomic E-state index is -0.721. The molecule has 6 heteroatoms. The Morgan fingerprint density at radius 1 is 1.10 bits per heavy atom. The number of likely N-dealkylation sites (N-methyl/N-ethyl adjacent to an activating group) is 1. The zero-order valence-electron chi connectivity index (χ0n) is 12.5. The number of rotatable bonds is 6. The molecule has 0 bridgehead atoms. The summed E-state index contributed by atoms with van der Waals surface area (Å²) < 4.78 is 0. The van der Waals surface area contributed by atoms with Crippen LogP contribution in [0.25, 0.3) is 0 Å². The lowest BCUT2D eigenvalue weighted by atomic mass is 10.2. The first-order valence-corrected chi connectivity index (χ1v) is 6.94. The average Bonchev–Trinajstić information content (AvgIpc) is 2.47. The number of aryl methyl sites for hydroxylation is 1. The van der Waals surface area contributed by atoms with Gasteiger partial charge in [-0.1, -0.05) is 12.1 Å². The van der Waals surface area contributed by atoms with Crippen molar-refractivity contribution in [2.24, 2.45) is 0 Å². The van der Waals surface area contributed by atoms with Crippen molar-refractivity contribution in [3.05, 3.63) is 29.8 Å². The van der Waals surface area contributed by atoms with Crippen LogP contribution >= 0.6 is 0 Å². The summed E-state index contributed by atoms with van der Waals surface area (Å²) in [5.74, 6) is -1.38. The Morgan fingerprint density at radius 3 is 2.19 bits per heavy atom. The molecule has 0 radical (unpaired) electrons. The first-order chi connectivity index (χ1) is 10.0. The van der Waals surface area contributed by atoms with Crippen molar-refractivity contribution in [3.8, 4) is 0 Å². The molecule has 1 rings (SSSR count). The van der Waals surface area contributed by atoms with E-state index in [1.807, 2.05) is 25.1 Å². The fraction of sp³-hybridized carbons (Fsp3) is 0.467. The van der Waals surface area contributed by atoms with Crippen molar-refractivity contribution >= 4 is 17.5 Å². The number of carbonyl (C=O) groups is 2. The number of carbonyl (C=O) groups excluding carboxylic acids is 2. The molecule has 0 aliphatic heterocycles. The number of amides is 2. The summed E-state index contributed by atoms with van der Waals surface area (Å²) in [6.45, 7) is 3.60. The van der Waals surface area contributed by atoms with Gasteiger partial charge in [-0.05, 0) is 31.5 Å². The van der Waals surface area contributed by atoms with E-state index < -0.39 is 11.8 Å². The van der Waals surface area contributed by atoms with Gasteiger partial charge in [-0.3, -0.25) is 9.59 Å². The van der Waals surface area contributed by atoms with E-state index in [-0.39, 0.29) is 26.3 Å². The minimum absolute atomic E-state index is 0.0243. The summed E-state index contributed by atoms with van der Waals surface area (Å²) in [7, 11) is 0. The van der Waals surface area contributed by atoms with Gasteiger partial charge < -0.3 is 20.0 Å². The van der Waals surface area contributed by atoms with Gasteiger partial charge in [0.2, 0.25) is 0 Å². The number of aliphatic hydroxyl groups excluding tert-OH is 2. The van der Waals surface area contributed by atoms with Gasteiger partial charge in [0.25, 0.3) is 0 Å². The van der Waals surface area contributed by atoms with E-state index >= 15 is 0 Å². The Kier molecular flexibility index (Phi) is 6.84. The smallest absolute Gasteiger partial charge is 0.316 e. The van der Waals surface area contributed by atoms with E-state index in [0.29, 0.717) is 12.2 Å². The highest BCUT2D eigenvalue weighted by molar-refractivity contribution is 6.40. The lowest BCUT2D eigenvalue weighted by molar-refractivity contribution is -0.145. The lowest BCUT2D eigenvalue weighted by Gasteiger charge is -2.25. The van der Waals surface area contributed by atoms with Crippen molar-refractivity contribution in [1.82, 2.24) is 4.90 Å². The van der Waals surface area contributed by atoms with Crippen LogP contribution < -0.4 is 4.90 Å². The van der Waals surface area contributed by atoms with Crippen molar-refractivity contribution in [2.45, 2.75) is 13.8 Å². The molecule has 2 N–H and O–H groups in total. The van der Waals surface area contributed by atoms with Gasteiger partial charge in [0.15, 0.2) is 0 Å². The molecule has 0 saturated carbocycles. The molecule has 116 valence electrons. The first-order valence-electron chi connectivity index (χ1n) is 6.94. The van der Waals surface area contributed by atoms with E-state index in [1.54, 1.807) is 13.0 Å². The molecule has 21 heavy (non-hydrogen) atoms. The number of nitrogens with zero attached hydrogens (tertiary/aromatic N) is 2. The third-order valence-electron chi connectivity index (χ3n) is 3.08. The van der Waals surface area contributed by atoms with Gasteiger partial charge in [-0.2, -0.15) is 0 Å².